The predicted molar refractivity (Wildman–Crippen MR) is 186 cm³/mol. The molecule has 0 aliphatic carbocycles. The normalized spacial score (nSPS) is 10.6. The van der Waals surface area contributed by atoms with Crippen molar-refractivity contribution in [2.75, 3.05) is 7.11 Å². The molecular formula is C42H36O6. The van der Waals surface area contributed by atoms with Gasteiger partial charge in [-0.3, -0.25) is 4.79 Å². The van der Waals surface area contributed by atoms with Crippen LogP contribution >= 0.6 is 0 Å². The van der Waals surface area contributed by atoms with E-state index in [9.17, 15) is 4.79 Å². The molecule has 48 heavy (non-hydrogen) atoms. The Morgan fingerprint density at radius 1 is 0.417 bits per heavy atom. The average molecular weight is 637 g/mol. The van der Waals surface area contributed by atoms with E-state index >= 15 is 0 Å². The lowest BCUT2D eigenvalue weighted by atomic mass is 10.00. The molecular weight excluding hydrogens is 600 g/mol. The lowest BCUT2D eigenvalue weighted by Crippen LogP contribution is -2.10. The van der Waals surface area contributed by atoms with E-state index in [0.29, 0.717) is 53.1 Å². The fourth-order valence-electron chi connectivity index (χ4n) is 5.09. The van der Waals surface area contributed by atoms with Crippen LogP contribution in [0.4, 0.5) is 0 Å². The first-order valence-electron chi connectivity index (χ1n) is 15.7. The number of ether oxygens (including phenoxy) is 5. The standard InChI is InChI=1S/C42H36O6/c1-44-35-22-23-38(45-27-31-14-6-2-7-15-31)36(24-35)42(43)37-25-40(47-29-33-18-10-4-11-19-33)41(48-30-34-20-12-5-13-21-34)26-39(37)46-28-32-16-8-3-9-17-32/h2-26H,27-30H2,1H3. The van der Waals surface area contributed by atoms with Crippen LogP contribution in [0, 0.1) is 0 Å². The molecule has 0 unspecified atom stereocenters. The van der Waals surface area contributed by atoms with Crippen LogP contribution in [-0.2, 0) is 26.4 Å². The first-order valence-corrected chi connectivity index (χ1v) is 15.7. The molecule has 240 valence electrons. The van der Waals surface area contributed by atoms with E-state index in [1.54, 1.807) is 37.4 Å². The van der Waals surface area contributed by atoms with E-state index in [4.69, 9.17) is 23.7 Å². The molecule has 6 rings (SSSR count). The molecule has 0 aliphatic heterocycles. The summed E-state index contributed by atoms with van der Waals surface area (Å²) in [5.41, 5.74) is 4.55. The molecule has 0 atom stereocenters. The van der Waals surface area contributed by atoms with E-state index in [0.717, 1.165) is 22.3 Å². The average Bonchev–Trinajstić information content (AvgIpc) is 3.16. The summed E-state index contributed by atoms with van der Waals surface area (Å²) in [5, 5.41) is 0. The van der Waals surface area contributed by atoms with Crippen LogP contribution < -0.4 is 23.7 Å². The number of carbonyl (C=O) groups is 1. The smallest absolute Gasteiger partial charge is 0.200 e. The number of ketones is 1. The maximum atomic E-state index is 14.6. The zero-order chi connectivity index (χ0) is 33.0. The minimum absolute atomic E-state index is 0.249. The highest BCUT2D eigenvalue weighted by Gasteiger charge is 2.24. The lowest BCUT2D eigenvalue weighted by molar-refractivity contribution is 0.102. The summed E-state index contributed by atoms with van der Waals surface area (Å²) in [7, 11) is 1.57. The maximum absolute atomic E-state index is 14.6. The van der Waals surface area contributed by atoms with Gasteiger partial charge in [0.15, 0.2) is 11.5 Å². The highest BCUT2D eigenvalue weighted by molar-refractivity contribution is 6.13. The molecule has 0 radical (unpaired) electrons. The van der Waals surface area contributed by atoms with Crippen LogP contribution in [0.25, 0.3) is 0 Å². The Bertz CT molecular complexity index is 1910. The molecule has 6 aromatic carbocycles. The van der Waals surface area contributed by atoms with Crippen molar-refractivity contribution < 1.29 is 28.5 Å². The van der Waals surface area contributed by atoms with Crippen molar-refractivity contribution in [3.05, 3.63) is 185 Å². The predicted octanol–water partition coefficient (Wildman–Crippen LogP) is 9.24. The summed E-state index contributed by atoms with van der Waals surface area (Å²) in [4.78, 5) is 14.6. The molecule has 6 aromatic rings. The molecule has 0 heterocycles. The monoisotopic (exact) mass is 636 g/mol. The first kappa shape index (κ1) is 32.0. The Hall–Kier alpha value is -6.01. The van der Waals surface area contributed by atoms with Crippen LogP contribution in [0.15, 0.2) is 152 Å². The van der Waals surface area contributed by atoms with E-state index in [1.165, 1.54) is 0 Å². The van der Waals surface area contributed by atoms with Gasteiger partial charge in [-0.2, -0.15) is 0 Å². The van der Waals surface area contributed by atoms with Crippen LogP contribution in [0.1, 0.15) is 38.2 Å². The second kappa shape index (κ2) is 16.0. The van der Waals surface area contributed by atoms with Gasteiger partial charge in [-0.25, -0.2) is 0 Å². The fraction of sp³-hybridized carbons (Fsp3) is 0.119. The first-order chi connectivity index (χ1) is 23.7. The Balaban J connectivity index is 1.40. The van der Waals surface area contributed by atoms with Crippen LogP contribution in [0.5, 0.6) is 28.7 Å². The van der Waals surface area contributed by atoms with Crippen molar-refractivity contribution in [1.82, 2.24) is 0 Å². The molecule has 0 aliphatic rings. The largest absolute Gasteiger partial charge is 0.497 e. The summed E-state index contributed by atoms with van der Waals surface area (Å²) in [5.74, 6) is 1.88. The number of hydrogen-bond acceptors (Lipinski definition) is 6. The third kappa shape index (κ3) is 8.42. The Morgan fingerprint density at radius 3 is 1.23 bits per heavy atom. The Morgan fingerprint density at radius 2 is 0.792 bits per heavy atom. The van der Waals surface area contributed by atoms with Crippen LogP contribution in [0.2, 0.25) is 0 Å². The van der Waals surface area contributed by atoms with Crippen molar-refractivity contribution in [2.45, 2.75) is 26.4 Å². The van der Waals surface area contributed by atoms with E-state index in [-0.39, 0.29) is 19.0 Å². The number of rotatable bonds is 15. The molecule has 0 N–H and O–H groups in total. The van der Waals surface area contributed by atoms with Gasteiger partial charge < -0.3 is 23.7 Å². The fourth-order valence-corrected chi connectivity index (χ4v) is 5.09. The zero-order valence-corrected chi connectivity index (χ0v) is 26.7. The minimum Gasteiger partial charge on any atom is -0.497 e. The Labute approximate surface area is 281 Å². The molecule has 0 aromatic heterocycles. The van der Waals surface area contributed by atoms with E-state index in [2.05, 4.69) is 0 Å². The second-order valence-corrected chi connectivity index (χ2v) is 11.1. The van der Waals surface area contributed by atoms with E-state index < -0.39 is 0 Å². The Kier molecular flexibility index (Phi) is 10.7. The summed E-state index contributed by atoms with van der Waals surface area (Å²) < 4.78 is 30.8. The van der Waals surface area contributed by atoms with Gasteiger partial charge in [-0.1, -0.05) is 121 Å². The van der Waals surface area contributed by atoms with E-state index in [1.807, 2.05) is 121 Å². The topological polar surface area (TPSA) is 63.2 Å². The molecule has 0 bridgehead atoms. The third-order valence-corrected chi connectivity index (χ3v) is 7.67. The van der Waals surface area contributed by atoms with Gasteiger partial charge >= 0.3 is 0 Å². The van der Waals surface area contributed by atoms with Crippen molar-refractivity contribution in [1.29, 1.82) is 0 Å². The molecule has 0 spiro atoms. The molecule has 6 heteroatoms. The highest BCUT2D eigenvalue weighted by Crippen LogP contribution is 2.39. The summed E-state index contributed by atoms with van der Waals surface area (Å²) >= 11 is 0. The molecule has 0 saturated carbocycles. The SMILES string of the molecule is COc1ccc(OCc2ccccc2)c(C(=O)c2cc(OCc3ccccc3)c(OCc3ccccc3)cc2OCc2ccccc2)c1. The van der Waals surface area contributed by atoms with Gasteiger partial charge in [0, 0.05) is 6.07 Å². The van der Waals surface area contributed by atoms with Crippen molar-refractivity contribution in [2.24, 2.45) is 0 Å². The number of carbonyl (C=O) groups excluding carboxylic acids is 1. The van der Waals surface area contributed by atoms with Gasteiger partial charge in [0.1, 0.15) is 43.7 Å². The maximum Gasteiger partial charge on any atom is 0.200 e. The number of methoxy groups -OCH3 is 1. The minimum atomic E-state index is -0.306. The lowest BCUT2D eigenvalue weighted by Gasteiger charge is -2.19. The second-order valence-electron chi connectivity index (χ2n) is 11.1. The van der Waals surface area contributed by atoms with Crippen molar-refractivity contribution in [3.63, 3.8) is 0 Å². The van der Waals surface area contributed by atoms with Gasteiger partial charge in [0.05, 0.1) is 18.2 Å². The van der Waals surface area contributed by atoms with Gasteiger partial charge in [0.25, 0.3) is 0 Å². The quantitative estimate of drug-likeness (QED) is 0.105. The van der Waals surface area contributed by atoms with Gasteiger partial charge in [-0.05, 0) is 46.5 Å². The molecule has 0 saturated heterocycles. The molecule has 6 nitrogen and oxygen atoms in total. The summed E-state index contributed by atoms with van der Waals surface area (Å²) in [6, 6.07) is 48.0. The van der Waals surface area contributed by atoms with Gasteiger partial charge in [-0.15, -0.1) is 0 Å². The molecule has 0 amide bonds. The van der Waals surface area contributed by atoms with Crippen molar-refractivity contribution in [3.8, 4) is 28.7 Å². The highest BCUT2D eigenvalue weighted by atomic mass is 16.5. The van der Waals surface area contributed by atoms with Crippen molar-refractivity contribution >= 4 is 5.78 Å². The summed E-state index contributed by atoms with van der Waals surface area (Å²) in [6.07, 6.45) is 0. The van der Waals surface area contributed by atoms with Crippen LogP contribution in [-0.4, -0.2) is 12.9 Å². The van der Waals surface area contributed by atoms with Gasteiger partial charge in [0.2, 0.25) is 5.78 Å². The van der Waals surface area contributed by atoms with Crippen LogP contribution in [0.3, 0.4) is 0 Å². The number of hydrogen-bond donors (Lipinski definition) is 0. The number of benzene rings is 6. The summed E-state index contributed by atoms with van der Waals surface area (Å²) in [6.45, 7) is 1.13. The molecule has 0 fully saturated rings. The zero-order valence-electron chi connectivity index (χ0n) is 26.7. The third-order valence-electron chi connectivity index (χ3n) is 7.67.